The van der Waals surface area contributed by atoms with Gasteiger partial charge in [-0.1, -0.05) is 23.8 Å². The fourth-order valence-corrected chi connectivity index (χ4v) is 5.10. The Morgan fingerprint density at radius 3 is 2.26 bits per heavy atom. The van der Waals surface area contributed by atoms with E-state index in [9.17, 15) is 9.59 Å². The van der Waals surface area contributed by atoms with Crippen LogP contribution >= 0.6 is 11.8 Å². The number of thioether (sulfide) groups is 1. The molecule has 1 heterocycles. The number of carbonyl (C=O) groups excluding carboxylic acids is 2. The third-order valence-electron chi connectivity index (χ3n) is 4.99. The maximum absolute atomic E-state index is 12.9. The molecule has 2 fully saturated rings. The fraction of sp³-hybridized carbons (Fsp3) is 0.500. The number of hydrogen-bond acceptors (Lipinski definition) is 3. The number of carbonyl (C=O) groups is 2. The fourth-order valence-electron chi connectivity index (χ4n) is 3.96. The van der Waals surface area contributed by atoms with Crippen LogP contribution in [-0.4, -0.2) is 23.1 Å². The smallest absolute Gasteiger partial charge is 0.173 e. The zero-order valence-electron chi connectivity index (χ0n) is 14.1. The van der Waals surface area contributed by atoms with Gasteiger partial charge in [0, 0.05) is 6.42 Å². The first kappa shape index (κ1) is 16.5. The Hall–Kier alpha value is -1.35. The van der Waals surface area contributed by atoms with Gasteiger partial charge in [-0.2, -0.15) is 11.8 Å². The molecule has 0 amide bonds. The maximum Gasteiger partial charge on any atom is 0.173 e. The van der Waals surface area contributed by atoms with Crippen molar-refractivity contribution in [1.82, 2.24) is 0 Å². The average Bonchev–Trinajstić information content (AvgIpc) is 2.75. The molecule has 0 N–H and O–H groups in total. The van der Waals surface area contributed by atoms with Crippen molar-refractivity contribution >= 4 is 23.3 Å². The molecule has 1 aliphatic carbocycles. The lowest BCUT2D eigenvalue weighted by Crippen LogP contribution is -2.16. The highest BCUT2D eigenvalue weighted by atomic mass is 32.2. The van der Waals surface area contributed by atoms with E-state index < -0.39 is 5.92 Å². The molecule has 1 aliphatic heterocycles. The van der Waals surface area contributed by atoms with Crippen molar-refractivity contribution in [3.05, 3.63) is 46.0 Å². The van der Waals surface area contributed by atoms with E-state index in [0.29, 0.717) is 12.3 Å². The van der Waals surface area contributed by atoms with E-state index in [4.69, 9.17) is 0 Å². The van der Waals surface area contributed by atoms with Gasteiger partial charge in [-0.3, -0.25) is 9.59 Å². The highest BCUT2D eigenvalue weighted by Crippen LogP contribution is 2.37. The molecular formula is C20H24O2S. The Labute approximate surface area is 142 Å². The van der Waals surface area contributed by atoms with Gasteiger partial charge >= 0.3 is 0 Å². The summed E-state index contributed by atoms with van der Waals surface area (Å²) >= 11 is 1.98. The van der Waals surface area contributed by atoms with Gasteiger partial charge < -0.3 is 0 Å². The lowest BCUT2D eigenvalue weighted by molar-refractivity contribution is -0.123. The predicted molar refractivity (Wildman–Crippen MR) is 96.2 cm³/mol. The van der Waals surface area contributed by atoms with Crippen molar-refractivity contribution in [3.8, 4) is 0 Å². The third kappa shape index (κ3) is 3.30. The average molecular weight is 328 g/mol. The van der Waals surface area contributed by atoms with Gasteiger partial charge in [-0.15, -0.1) is 0 Å². The zero-order valence-corrected chi connectivity index (χ0v) is 15.0. The minimum absolute atomic E-state index is 0.0447. The molecule has 1 atom stereocenters. The zero-order chi connectivity index (χ0) is 16.6. The van der Waals surface area contributed by atoms with Gasteiger partial charge in [0.2, 0.25) is 0 Å². The van der Waals surface area contributed by atoms with E-state index in [0.717, 1.165) is 46.6 Å². The van der Waals surface area contributed by atoms with Gasteiger partial charge in [0.25, 0.3) is 0 Å². The van der Waals surface area contributed by atoms with Crippen LogP contribution in [0.3, 0.4) is 0 Å². The number of rotatable bonds is 2. The molecule has 2 aliphatic rings. The predicted octanol–water partition coefficient (Wildman–Crippen LogP) is 4.31. The van der Waals surface area contributed by atoms with Gasteiger partial charge in [-0.25, -0.2) is 0 Å². The molecule has 3 heteroatoms. The van der Waals surface area contributed by atoms with Crippen LogP contribution in [0, 0.1) is 26.7 Å². The number of hydrogen-bond donors (Lipinski definition) is 0. The Kier molecular flexibility index (Phi) is 4.77. The molecule has 0 spiro atoms. The molecule has 1 saturated carbocycles. The molecule has 0 bridgehead atoms. The molecule has 1 unspecified atom stereocenters. The number of aryl methyl sites for hydroxylation is 3. The summed E-state index contributed by atoms with van der Waals surface area (Å²) < 4.78 is 0. The van der Waals surface area contributed by atoms with Crippen LogP contribution in [0.2, 0.25) is 0 Å². The van der Waals surface area contributed by atoms with E-state index in [2.05, 4.69) is 25.1 Å². The van der Waals surface area contributed by atoms with Crippen molar-refractivity contribution in [2.75, 3.05) is 11.5 Å². The summed E-state index contributed by atoms with van der Waals surface area (Å²) in [4.78, 5) is 25.4. The van der Waals surface area contributed by atoms with Crippen LogP contribution in [0.15, 0.2) is 23.8 Å². The van der Waals surface area contributed by atoms with Crippen molar-refractivity contribution in [2.45, 2.75) is 46.0 Å². The second-order valence-corrected chi connectivity index (χ2v) is 8.12. The quantitative estimate of drug-likeness (QED) is 0.599. The Morgan fingerprint density at radius 1 is 1.04 bits per heavy atom. The number of allylic oxidation sites excluding steroid dienone is 2. The molecule has 122 valence electrons. The molecule has 0 radical (unpaired) electrons. The minimum atomic E-state index is -0.570. The summed E-state index contributed by atoms with van der Waals surface area (Å²) in [6.07, 6.45) is 4.69. The standard InChI is InChI=1S/C20H24O2S/c1-12-8-13(2)18(14(3)9-12)19-17(21)11-16(20(19)22)10-15-4-6-23-7-5-15/h8-10,15,19H,4-7,11H2,1-3H3/b16-10+. The summed E-state index contributed by atoms with van der Waals surface area (Å²) in [5.74, 6) is 2.35. The molecule has 3 rings (SSSR count). The van der Waals surface area contributed by atoms with Crippen molar-refractivity contribution in [2.24, 2.45) is 5.92 Å². The lowest BCUT2D eigenvalue weighted by atomic mass is 9.87. The SMILES string of the molecule is Cc1cc(C)c(C2C(=O)C/C(=C\C3CCSCC3)C2=O)c(C)c1. The topological polar surface area (TPSA) is 34.1 Å². The Balaban J connectivity index is 1.91. The normalized spacial score (nSPS) is 24.7. The van der Waals surface area contributed by atoms with E-state index in [1.165, 1.54) is 5.56 Å². The van der Waals surface area contributed by atoms with Gasteiger partial charge in [-0.05, 0) is 73.3 Å². The van der Waals surface area contributed by atoms with Crippen LogP contribution < -0.4 is 0 Å². The van der Waals surface area contributed by atoms with Crippen molar-refractivity contribution in [1.29, 1.82) is 0 Å². The first-order valence-electron chi connectivity index (χ1n) is 8.40. The molecule has 23 heavy (non-hydrogen) atoms. The molecule has 1 aromatic rings. The van der Waals surface area contributed by atoms with Crippen LogP contribution in [0.4, 0.5) is 0 Å². The second-order valence-electron chi connectivity index (χ2n) is 6.89. The highest BCUT2D eigenvalue weighted by molar-refractivity contribution is 7.99. The van der Waals surface area contributed by atoms with Crippen molar-refractivity contribution < 1.29 is 9.59 Å². The van der Waals surface area contributed by atoms with Gasteiger partial charge in [0.05, 0.1) is 0 Å². The van der Waals surface area contributed by atoms with Crippen molar-refractivity contribution in [3.63, 3.8) is 0 Å². The molecular weight excluding hydrogens is 304 g/mol. The monoisotopic (exact) mass is 328 g/mol. The van der Waals surface area contributed by atoms with E-state index in [1.807, 2.05) is 25.6 Å². The van der Waals surface area contributed by atoms with Crippen LogP contribution in [0.25, 0.3) is 0 Å². The Bertz CT molecular complexity index is 658. The first-order valence-corrected chi connectivity index (χ1v) is 9.56. The minimum Gasteiger partial charge on any atom is -0.298 e. The van der Waals surface area contributed by atoms with E-state index >= 15 is 0 Å². The number of Topliss-reactive ketones (excluding diaryl/α,β-unsaturated/α-hetero) is 2. The number of ketones is 2. The first-order chi connectivity index (χ1) is 11.0. The molecule has 1 saturated heterocycles. The molecule has 1 aromatic carbocycles. The summed E-state index contributed by atoms with van der Waals surface area (Å²) in [5.41, 5.74) is 5.00. The summed E-state index contributed by atoms with van der Waals surface area (Å²) in [5, 5.41) is 0. The van der Waals surface area contributed by atoms with Gasteiger partial charge in [0.15, 0.2) is 11.6 Å². The van der Waals surface area contributed by atoms with Crippen LogP contribution in [0.1, 0.15) is 47.4 Å². The van der Waals surface area contributed by atoms with E-state index in [-0.39, 0.29) is 11.6 Å². The van der Waals surface area contributed by atoms with Crippen LogP contribution in [0.5, 0.6) is 0 Å². The summed E-state index contributed by atoms with van der Waals surface area (Å²) in [6, 6.07) is 4.14. The highest BCUT2D eigenvalue weighted by Gasteiger charge is 2.39. The van der Waals surface area contributed by atoms with E-state index in [1.54, 1.807) is 0 Å². The summed E-state index contributed by atoms with van der Waals surface area (Å²) in [6.45, 7) is 6.07. The molecule has 0 aromatic heterocycles. The second kappa shape index (κ2) is 6.64. The van der Waals surface area contributed by atoms with Crippen LogP contribution in [-0.2, 0) is 9.59 Å². The van der Waals surface area contributed by atoms with Gasteiger partial charge in [0.1, 0.15) is 5.92 Å². The Morgan fingerprint density at radius 2 is 1.65 bits per heavy atom. The summed E-state index contributed by atoms with van der Waals surface area (Å²) in [7, 11) is 0. The largest absolute Gasteiger partial charge is 0.298 e. The number of benzene rings is 1. The maximum atomic E-state index is 12.9. The third-order valence-corrected chi connectivity index (χ3v) is 6.04. The lowest BCUT2D eigenvalue weighted by Gasteiger charge is -2.18. The molecule has 2 nitrogen and oxygen atoms in total.